The maximum Gasteiger partial charge on any atom is 0.243 e. The van der Waals surface area contributed by atoms with Crippen LogP contribution in [-0.4, -0.2) is 50.4 Å². The van der Waals surface area contributed by atoms with Crippen LogP contribution >= 0.6 is 0 Å². The minimum absolute atomic E-state index is 0.203. The molecule has 9 nitrogen and oxygen atoms in total. The summed E-state index contributed by atoms with van der Waals surface area (Å²) in [5.41, 5.74) is 1.80. The Kier molecular flexibility index (Phi) is 5.46. The molecule has 0 saturated carbocycles. The van der Waals surface area contributed by atoms with Gasteiger partial charge in [0, 0.05) is 48.5 Å². The van der Waals surface area contributed by atoms with Crippen LogP contribution in [0.5, 0.6) is 0 Å². The molecule has 0 atom stereocenters. The molecule has 180 valence electrons. The van der Waals surface area contributed by atoms with Gasteiger partial charge in [0.05, 0.1) is 28.2 Å². The topological polar surface area (TPSA) is 103 Å². The van der Waals surface area contributed by atoms with Crippen molar-refractivity contribution >= 4 is 20.8 Å². The van der Waals surface area contributed by atoms with Crippen LogP contribution in [0.1, 0.15) is 12.8 Å². The minimum atomic E-state index is -3.58. The number of fused-ring (bicyclic) bond motifs is 1. The zero-order valence-electron chi connectivity index (χ0n) is 19.2. The van der Waals surface area contributed by atoms with Crippen molar-refractivity contribution in [3.05, 3.63) is 95.7 Å². The first-order chi connectivity index (χ1) is 17.5. The summed E-state index contributed by atoms with van der Waals surface area (Å²) in [6, 6.07) is 17.5. The summed E-state index contributed by atoms with van der Waals surface area (Å²) >= 11 is 0. The van der Waals surface area contributed by atoms with E-state index in [0.717, 1.165) is 29.3 Å². The highest BCUT2D eigenvalue weighted by atomic mass is 32.2. The van der Waals surface area contributed by atoms with Crippen LogP contribution in [0.4, 0.5) is 0 Å². The summed E-state index contributed by atoms with van der Waals surface area (Å²) in [5, 5.41) is 11.0. The average molecular weight is 499 g/mol. The summed E-state index contributed by atoms with van der Waals surface area (Å²) in [4.78, 5) is 17.3. The Balaban J connectivity index is 1.44. The largest absolute Gasteiger partial charge is 0.287 e. The lowest BCUT2D eigenvalue weighted by Crippen LogP contribution is -2.28. The molecule has 36 heavy (non-hydrogen) atoms. The Labute approximate surface area is 207 Å². The molecular weight excluding hydrogens is 476 g/mol. The molecule has 10 heteroatoms. The first kappa shape index (κ1) is 22.3. The van der Waals surface area contributed by atoms with Gasteiger partial charge < -0.3 is 0 Å². The van der Waals surface area contributed by atoms with Crippen LogP contribution in [0.15, 0.2) is 95.1 Å². The molecule has 0 spiro atoms. The lowest BCUT2D eigenvalue weighted by Gasteiger charge is -2.16. The van der Waals surface area contributed by atoms with Crippen molar-refractivity contribution in [1.29, 1.82) is 0 Å². The summed E-state index contributed by atoms with van der Waals surface area (Å²) in [5.74, 6) is 0. The maximum atomic E-state index is 13.1. The molecule has 0 unspecified atom stereocenters. The molecule has 3 aromatic heterocycles. The minimum Gasteiger partial charge on any atom is -0.287 e. The Hall–Kier alpha value is -4.15. The zero-order valence-corrected chi connectivity index (χ0v) is 20.0. The number of benzene rings is 2. The summed E-state index contributed by atoms with van der Waals surface area (Å²) in [7, 11) is -3.58. The number of nitrogens with zero attached hydrogens (tertiary/aromatic N) is 6. The van der Waals surface area contributed by atoms with E-state index < -0.39 is 10.0 Å². The van der Waals surface area contributed by atoms with Crippen molar-refractivity contribution in [3.8, 4) is 22.8 Å². The van der Waals surface area contributed by atoms with Gasteiger partial charge in [-0.2, -0.15) is 14.5 Å². The lowest BCUT2D eigenvalue weighted by atomic mass is 10.1. The summed E-state index contributed by atoms with van der Waals surface area (Å²) in [6.07, 6.45) is 8.38. The zero-order chi connectivity index (χ0) is 24.7. The number of sulfonamides is 1. The summed E-state index contributed by atoms with van der Waals surface area (Å²) in [6.45, 7) is 1.06. The third-order valence-corrected chi connectivity index (χ3v) is 8.26. The van der Waals surface area contributed by atoms with Gasteiger partial charge in [-0.25, -0.2) is 17.8 Å². The van der Waals surface area contributed by atoms with Gasteiger partial charge >= 0.3 is 0 Å². The molecule has 1 saturated heterocycles. The molecule has 0 aliphatic carbocycles. The van der Waals surface area contributed by atoms with E-state index >= 15 is 0 Å². The fourth-order valence-corrected chi connectivity index (χ4v) is 6.11. The molecule has 0 N–H and O–H groups in total. The maximum absolute atomic E-state index is 13.1. The highest BCUT2D eigenvalue weighted by molar-refractivity contribution is 7.89. The highest BCUT2D eigenvalue weighted by Crippen LogP contribution is 2.26. The van der Waals surface area contributed by atoms with E-state index in [2.05, 4.69) is 15.2 Å². The third-order valence-electron chi connectivity index (χ3n) is 6.36. The fourth-order valence-electron chi connectivity index (χ4n) is 4.56. The lowest BCUT2D eigenvalue weighted by molar-refractivity contribution is 0.477. The van der Waals surface area contributed by atoms with Crippen molar-refractivity contribution in [1.82, 2.24) is 28.9 Å². The number of rotatable bonds is 5. The van der Waals surface area contributed by atoms with E-state index in [4.69, 9.17) is 0 Å². The average Bonchev–Trinajstić information content (AvgIpc) is 3.62. The van der Waals surface area contributed by atoms with E-state index in [1.807, 2.05) is 24.3 Å². The van der Waals surface area contributed by atoms with Crippen LogP contribution in [0.2, 0.25) is 0 Å². The molecule has 4 heterocycles. The van der Waals surface area contributed by atoms with Crippen molar-refractivity contribution in [2.45, 2.75) is 17.7 Å². The van der Waals surface area contributed by atoms with Crippen LogP contribution < -0.4 is 5.43 Å². The SMILES string of the molecule is O=c1ccn(-c2cccc(S(=O)(=O)N3CCCC3)c2)nc1-c1ccnn1-c1cccc2cnccc12. The van der Waals surface area contributed by atoms with E-state index in [1.54, 1.807) is 53.6 Å². The second kappa shape index (κ2) is 8.81. The Morgan fingerprint density at radius 2 is 1.72 bits per heavy atom. The molecule has 1 aliphatic rings. The van der Waals surface area contributed by atoms with Crippen molar-refractivity contribution < 1.29 is 8.42 Å². The van der Waals surface area contributed by atoms with Crippen LogP contribution in [0.3, 0.4) is 0 Å². The van der Waals surface area contributed by atoms with Gasteiger partial charge in [0.15, 0.2) is 5.69 Å². The van der Waals surface area contributed by atoms with Gasteiger partial charge in [0.1, 0.15) is 0 Å². The van der Waals surface area contributed by atoms with E-state index in [-0.39, 0.29) is 16.0 Å². The predicted molar refractivity (Wildman–Crippen MR) is 136 cm³/mol. The quantitative estimate of drug-likeness (QED) is 0.368. The van der Waals surface area contributed by atoms with Crippen LogP contribution in [-0.2, 0) is 10.0 Å². The molecule has 0 amide bonds. The molecule has 1 aliphatic heterocycles. The van der Waals surface area contributed by atoms with Crippen LogP contribution in [0, 0.1) is 0 Å². The molecule has 1 fully saturated rings. The number of hydrogen-bond donors (Lipinski definition) is 0. The number of aromatic nitrogens is 5. The van der Waals surface area contributed by atoms with Gasteiger partial charge in [-0.1, -0.05) is 18.2 Å². The molecule has 2 aromatic carbocycles. The Morgan fingerprint density at radius 3 is 2.58 bits per heavy atom. The number of hydrogen-bond acceptors (Lipinski definition) is 6. The predicted octanol–water partition coefficient (Wildman–Crippen LogP) is 3.42. The monoisotopic (exact) mass is 498 g/mol. The Morgan fingerprint density at radius 1 is 0.889 bits per heavy atom. The standard InChI is InChI=1S/C26H22N6O3S/c33-25-11-16-31(20-6-4-7-21(17-20)36(34,35)30-14-1-2-15-30)29-26(25)24-10-13-28-32(24)23-8-3-5-19-18-27-12-9-22(19)23/h3-13,16-18H,1-2,14-15H2. The fraction of sp³-hybridized carbons (Fsp3) is 0.154. The third kappa shape index (κ3) is 3.80. The number of pyridine rings is 1. The smallest absolute Gasteiger partial charge is 0.243 e. The van der Waals surface area contributed by atoms with Crippen LogP contribution in [0.25, 0.3) is 33.5 Å². The van der Waals surface area contributed by atoms with Gasteiger partial charge in [-0.15, -0.1) is 0 Å². The van der Waals surface area contributed by atoms with E-state index in [0.29, 0.717) is 24.5 Å². The normalized spacial score (nSPS) is 14.4. The molecule has 0 bridgehead atoms. The van der Waals surface area contributed by atoms with E-state index in [1.165, 1.54) is 21.3 Å². The van der Waals surface area contributed by atoms with Gasteiger partial charge in [0.25, 0.3) is 0 Å². The molecule has 5 aromatic rings. The molecule has 6 rings (SSSR count). The molecular formula is C26H22N6O3S. The van der Waals surface area contributed by atoms with Gasteiger partial charge in [-0.3, -0.25) is 9.78 Å². The van der Waals surface area contributed by atoms with Crippen molar-refractivity contribution in [3.63, 3.8) is 0 Å². The summed E-state index contributed by atoms with van der Waals surface area (Å²) < 4.78 is 30.8. The second-order valence-corrected chi connectivity index (χ2v) is 10.5. The van der Waals surface area contributed by atoms with Gasteiger partial charge in [-0.05, 0) is 49.2 Å². The van der Waals surface area contributed by atoms with Gasteiger partial charge in [0.2, 0.25) is 15.5 Å². The van der Waals surface area contributed by atoms with Crippen molar-refractivity contribution in [2.75, 3.05) is 13.1 Å². The highest BCUT2D eigenvalue weighted by Gasteiger charge is 2.27. The first-order valence-corrected chi connectivity index (χ1v) is 13.0. The van der Waals surface area contributed by atoms with Crippen molar-refractivity contribution in [2.24, 2.45) is 0 Å². The first-order valence-electron chi connectivity index (χ1n) is 11.6. The second-order valence-electron chi connectivity index (χ2n) is 8.58. The van der Waals surface area contributed by atoms with E-state index in [9.17, 15) is 13.2 Å². The Bertz CT molecular complexity index is 1750. The molecule has 0 radical (unpaired) electrons.